The van der Waals surface area contributed by atoms with E-state index in [1.165, 1.54) is 24.0 Å². The highest BCUT2D eigenvalue weighted by Crippen LogP contribution is 2.28. The summed E-state index contributed by atoms with van der Waals surface area (Å²) in [6.07, 6.45) is 12.8. The molecule has 4 aliphatic rings. The molecule has 0 bridgehead atoms. The highest BCUT2D eigenvalue weighted by atomic mass is 35.5. The van der Waals surface area contributed by atoms with E-state index in [0.717, 1.165) is 75.1 Å². The first kappa shape index (κ1) is 43.5. The van der Waals surface area contributed by atoms with Gasteiger partial charge in [0.1, 0.15) is 30.9 Å². The Labute approximate surface area is 358 Å². The Morgan fingerprint density at radius 2 is 1.19 bits per heavy atom. The predicted molar refractivity (Wildman–Crippen MR) is 228 cm³/mol. The van der Waals surface area contributed by atoms with Crippen LogP contribution in [-0.2, 0) is 40.1 Å². The van der Waals surface area contributed by atoms with Crippen molar-refractivity contribution in [2.45, 2.75) is 114 Å². The molecule has 4 fully saturated rings. The number of ether oxygens (including phenoxy) is 3. The lowest BCUT2D eigenvalue weighted by molar-refractivity contribution is -0.0927. The summed E-state index contributed by atoms with van der Waals surface area (Å²) in [6, 6.07) is 18.0. The number of carbonyl (C=O) groups excluding carboxylic acids is 1. The van der Waals surface area contributed by atoms with Crippen LogP contribution in [-0.4, -0.2) is 145 Å². The zero-order chi connectivity index (χ0) is 41.2. The van der Waals surface area contributed by atoms with Crippen molar-refractivity contribution in [1.29, 1.82) is 0 Å². The Balaban J connectivity index is 0.000000184. The number of hydrogen-bond acceptors (Lipinski definition) is 11. The molecule has 16 heteroatoms. The van der Waals surface area contributed by atoms with E-state index in [1.54, 1.807) is 25.3 Å². The van der Waals surface area contributed by atoms with Crippen LogP contribution in [0.25, 0.3) is 0 Å². The lowest BCUT2D eigenvalue weighted by atomic mass is 9.96. The van der Waals surface area contributed by atoms with Crippen LogP contribution in [0, 0.1) is 0 Å². The molecule has 4 atom stereocenters. The fourth-order valence-electron chi connectivity index (χ4n) is 8.73. The summed E-state index contributed by atoms with van der Waals surface area (Å²) in [5.74, 6) is 0. The molecule has 4 saturated heterocycles. The number of benzene rings is 2. The Kier molecular flexibility index (Phi) is 15.3. The quantitative estimate of drug-likeness (QED) is 0.213. The number of rotatable bonds is 10. The number of halogens is 2. The molecule has 59 heavy (non-hydrogen) atoms. The van der Waals surface area contributed by atoms with Gasteiger partial charge in [0.15, 0.2) is 0 Å². The normalized spacial score (nSPS) is 24.1. The van der Waals surface area contributed by atoms with Crippen molar-refractivity contribution in [1.82, 2.24) is 49.5 Å². The molecule has 1 amide bonds. The van der Waals surface area contributed by atoms with E-state index >= 15 is 0 Å². The molecule has 0 spiro atoms. The average molecular weight is 852 g/mol. The van der Waals surface area contributed by atoms with Crippen LogP contribution in [0.2, 0.25) is 10.0 Å². The summed E-state index contributed by atoms with van der Waals surface area (Å²) < 4.78 is 21.7. The molecule has 320 valence electrons. The van der Waals surface area contributed by atoms with Crippen molar-refractivity contribution < 1.29 is 19.0 Å². The van der Waals surface area contributed by atoms with Crippen LogP contribution in [0.3, 0.4) is 0 Å². The maximum absolute atomic E-state index is 12.5. The minimum Gasteiger partial charge on any atom is -0.444 e. The molecule has 14 nitrogen and oxygen atoms in total. The van der Waals surface area contributed by atoms with Gasteiger partial charge in [-0.05, 0) is 108 Å². The number of hydrogen-bond donors (Lipinski definition) is 1. The highest BCUT2D eigenvalue weighted by molar-refractivity contribution is 6.30. The van der Waals surface area contributed by atoms with Crippen LogP contribution >= 0.6 is 23.2 Å². The number of morpholine rings is 2. The standard InChI is InChI=1S/C24H34ClN5O3.C19H26ClN5O/c1-24(2,3)33-23(31)28-10-8-20(9-11-28)30-14-22(13-29-17-26-16-27-29)32-15-21(30)12-18-4-6-19(25)7-5-18;20-16-3-1-15(2-4-16)9-18-12-26-19(10-24-14-22-13-23-24)11-25(18)17-5-7-21-8-6-17/h4-7,16-17,20-22H,8-15H2,1-3H3;1-4,13-14,17-19,21H,5-12H2/t21-,22-;18-,19-/m00/s1. The second-order valence-corrected chi connectivity index (χ2v) is 18.1. The van der Waals surface area contributed by atoms with Crippen molar-refractivity contribution in [3.8, 4) is 0 Å². The van der Waals surface area contributed by atoms with E-state index in [-0.39, 0.29) is 24.3 Å². The molecular weight excluding hydrogens is 791 g/mol. The summed E-state index contributed by atoms with van der Waals surface area (Å²) in [6.45, 7) is 14.0. The van der Waals surface area contributed by atoms with Gasteiger partial charge >= 0.3 is 6.09 Å². The third-order valence-corrected chi connectivity index (χ3v) is 12.2. The number of aromatic nitrogens is 6. The van der Waals surface area contributed by atoms with Crippen LogP contribution < -0.4 is 5.32 Å². The van der Waals surface area contributed by atoms with Crippen molar-refractivity contribution >= 4 is 29.3 Å². The zero-order valence-electron chi connectivity index (χ0n) is 34.6. The van der Waals surface area contributed by atoms with Crippen molar-refractivity contribution in [3.05, 3.63) is 95.0 Å². The number of nitrogens with zero attached hydrogens (tertiary/aromatic N) is 9. The van der Waals surface area contributed by atoms with Gasteiger partial charge in [0.2, 0.25) is 0 Å². The second kappa shape index (κ2) is 20.8. The maximum atomic E-state index is 12.5. The molecule has 0 unspecified atom stereocenters. The van der Waals surface area contributed by atoms with E-state index in [1.807, 2.05) is 59.3 Å². The number of piperidine rings is 2. The van der Waals surface area contributed by atoms with Gasteiger partial charge in [0, 0.05) is 60.4 Å². The minimum absolute atomic E-state index is 0.0528. The summed E-state index contributed by atoms with van der Waals surface area (Å²) in [7, 11) is 0. The zero-order valence-corrected chi connectivity index (χ0v) is 36.1. The van der Waals surface area contributed by atoms with E-state index in [0.29, 0.717) is 44.4 Å². The largest absolute Gasteiger partial charge is 0.444 e. The van der Waals surface area contributed by atoms with Gasteiger partial charge in [-0.3, -0.25) is 19.2 Å². The molecule has 8 rings (SSSR count). The van der Waals surface area contributed by atoms with Gasteiger partial charge in [-0.2, -0.15) is 10.2 Å². The monoisotopic (exact) mass is 850 g/mol. The number of likely N-dealkylation sites (tertiary alicyclic amines) is 1. The summed E-state index contributed by atoms with van der Waals surface area (Å²) in [5.41, 5.74) is 2.09. The Morgan fingerprint density at radius 1 is 0.729 bits per heavy atom. The first-order valence-electron chi connectivity index (χ1n) is 21.1. The number of nitrogens with one attached hydrogen (secondary N) is 1. The minimum atomic E-state index is -0.476. The summed E-state index contributed by atoms with van der Waals surface area (Å²) in [5, 5.41) is 13.5. The molecule has 6 heterocycles. The van der Waals surface area contributed by atoms with Crippen molar-refractivity contribution in [2.24, 2.45) is 0 Å². The fourth-order valence-corrected chi connectivity index (χ4v) is 8.98. The molecule has 0 aliphatic carbocycles. The lowest BCUT2D eigenvalue weighted by Gasteiger charge is -2.46. The maximum Gasteiger partial charge on any atom is 0.410 e. The van der Waals surface area contributed by atoms with E-state index < -0.39 is 5.60 Å². The first-order chi connectivity index (χ1) is 28.5. The van der Waals surface area contributed by atoms with Crippen LogP contribution in [0.5, 0.6) is 0 Å². The smallest absolute Gasteiger partial charge is 0.410 e. The van der Waals surface area contributed by atoms with Gasteiger partial charge in [-0.1, -0.05) is 47.5 Å². The molecule has 4 aliphatic heterocycles. The van der Waals surface area contributed by atoms with E-state index in [2.05, 4.69) is 59.5 Å². The Morgan fingerprint density at radius 3 is 1.61 bits per heavy atom. The van der Waals surface area contributed by atoms with E-state index in [9.17, 15) is 4.79 Å². The molecule has 2 aromatic heterocycles. The molecule has 0 radical (unpaired) electrons. The number of amides is 1. The SMILES string of the molecule is CC(C)(C)OC(=O)N1CCC(N2C[C@H](Cn3cncn3)OC[C@@H]2Cc2ccc(Cl)cc2)CC1.Clc1ccc(C[C@H]2CO[C@@H](Cn3cncn3)CN2C2CCNCC2)cc1. The predicted octanol–water partition coefficient (Wildman–Crippen LogP) is 5.64. The molecule has 0 saturated carbocycles. The van der Waals surface area contributed by atoms with Gasteiger partial charge in [-0.25, -0.2) is 14.8 Å². The number of carbonyl (C=O) groups is 1. The van der Waals surface area contributed by atoms with Crippen molar-refractivity contribution in [2.75, 3.05) is 52.5 Å². The van der Waals surface area contributed by atoms with Gasteiger partial charge in [0.05, 0.1) is 38.5 Å². The van der Waals surface area contributed by atoms with Crippen LogP contribution in [0.15, 0.2) is 73.8 Å². The second-order valence-electron chi connectivity index (χ2n) is 17.2. The molecule has 2 aromatic carbocycles. The third-order valence-electron chi connectivity index (χ3n) is 11.7. The first-order valence-corrected chi connectivity index (χ1v) is 21.9. The Bertz CT molecular complexity index is 1830. The topological polar surface area (TPSA) is 128 Å². The average Bonchev–Trinajstić information content (AvgIpc) is 3.96. The molecular formula is C43H60Cl2N10O4. The Hall–Kier alpha value is -3.63. The van der Waals surface area contributed by atoms with Crippen LogP contribution in [0.4, 0.5) is 4.79 Å². The highest BCUT2D eigenvalue weighted by Gasteiger charge is 2.38. The van der Waals surface area contributed by atoms with E-state index in [4.69, 9.17) is 37.4 Å². The van der Waals surface area contributed by atoms with Crippen LogP contribution in [0.1, 0.15) is 57.6 Å². The van der Waals surface area contributed by atoms with Gasteiger partial charge in [0.25, 0.3) is 0 Å². The summed E-state index contributed by atoms with van der Waals surface area (Å²) in [4.78, 5) is 27.7. The van der Waals surface area contributed by atoms with Gasteiger partial charge in [-0.15, -0.1) is 0 Å². The van der Waals surface area contributed by atoms with Gasteiger partial charge < -0.3 is 24.4 Å². The summed E-state index contributed by atoms with van der Waals surface area (Å²) >= 11 is 12.1. The fraction of sp³-hybridized carbons (Fsp3) is 0.605. The molecule has 1 N–H and O–H groups in total. The molecule has 4 aromatic rings. The third kappa shape index (κ3) is 12.9. The lowest BCUT2D eigenvalue weighted by Crippen LogP contribution is -2.58. The van der Waals surface area contributed by atoms with Crippen molar-refractivity contribution in [3.63, 3.8) is 0 Å².